The topological polar surface area (TPSA) is 79.5 Å². The van der Waals surface area contributed by atoms with E-state index in [1.165, 1.54) is 12.1 Å². The number of amides is 2. The average Bonchev–Trinajstić information content (AvgIpc) is 2.60. The van der Waals surface area contributed by atoms with Gasteiger partial charge in [0, 0.05) is 23.7 Å². The molecule has 28 heavy (non-hydrogen) atoms. The van der Waals surface area contributed by atoms with E-state index in [9.17, 15) is 18.4 Å². The Kier molecular flexibility index (Phi) is 4.95. The van der Waals surface area contributed by atoms with Crippen molar-refractivity contribution in [3.8, 4) is 5.75 Å². The van der Waals surface area contributed by atoms with Crippen LogP contribution in [-0.4, -0.2) is 48.3 Å². The van der Waals surface area contributed by atoms with E-state index in [0.29, 0.717) is 32.1 Å². The van der Waals surface area contributed by atoms with Crippen LogP contribution in [0.3, 0.4) is 0 Å². The molecule has 0 radical (unpaired) electrons. The lowest BCUT2D eigenvalue weighted by Crippen LogP contribution is -2.84. The van der Waals surface area contributed by atoms with Crippen molar-refractivity contribution < 1.29 is 23.1 Å². The van der Waals surface area contributed by atoms with Crippen molar-refractivity contribution in [3.05, 3.63) is 29.0 Å². The highest BCUT2D eigenvalue weighted by Crippen LogP contribution is 2.60. The minimum absolute atomic E-state index is 0.00838. The van der Waals surface area contributed by atoms with Crippen LogP contribution in [0.1, 0.15) is 32.1 Å². The molecule has 2 unspecified atom stereocenters. The number of ether oxygens (including phenoxy) is 1. The zero-order chi connectivity index (χ0) is 19.9. The zero-order valence-corrected chi connectivity index (χ0v) is 16.0. The Hall–Kier alpha value is -1.93. The lowest BCUT2D eigenvalue weighted by atomic mass is 9.44. The number of halogens is 3. The van der Waals surface area contributed by atoms with E-state index in [1.807, 2.05) is 0 Å². The van der Waals surface area contributed by atoms with Crippen LogP contribution in [0.25, 0.3) is 0 Å². The molecule has 0 spiro atoms. The van der Waals surface area contributed by atoms with Crippen LogP contribution in [0.2, 0.25) is 5.02 Å². The number of hydrogen-bond acceptors (Lipinski definition) is 4. The molecule has 1 saturated heterocycles. The van der Waals surface area contributed by atoms with Crippen molar-refractivity contribution in [1.82, 2.24) is 16.0 Å². The number of hydrogen-bond donors (Lipinski definition) is 3. The van der Waals surface area contributed by atoms with Gasteiger partial charge in [-0.05, 0) is 44.2 Å². The van der Waals surface area contributed by atoms with Gasteiger partial charge < -0.3 is 20.7 Å². The standard InChI is InChI=1S/C19H22ClF2N3O3/c20-13-3-2-12(5-14(13)22)28-7-16(26)24-18-8-19(9-18,10-18)25-17(27)15-4-1-11(21)6-23-15/h2-3,5,11,15,23H,1,4,6-10H2,(H,24,26)(H,25,27). The Bertz CT molecular complexity index is 779. The summed E-state index contributed by atoms with van der Waals surface area (Å²) in [5, 5.41) is 8.91. The van der Waals surface area contributed by atoms with Gasteiger partial charge in [0.05, 0.1) is 11.1 Å². The molecule has 1 aromatic rings. The van der Waals surface area contributed by atoms with Gasteiger partial charge in [-0.25, -0.2) is 8.78 Å². The number of carbonyl (C=O) groups excluding carboxylic acids is 2. The van der Waals surface area contributed by atoms with Gasteiger partial charge >= 0.3 is 0 Å². The van der Waals surface area contributed by atoms with Crippen molar-refractivity contribution in [2.24, 2.45) is 0 Å². The molecule has 5 rings (SSSR count). The molecular formula is C19H22ClF2N3O3. The third-order valence-electron chi connectivity index (χ3n) is 5.76. The highest BCUT2D eigenvalue weighted by atomic mass is 35.5. The molecular weight excluding hydrogens is 392 g/mol. The Morgan fingerprint density at radius 1 is 1.21 bits per heavy atom. The van der Waals surface area contributed by atoms with Gasteiger partial charge in [0.15, 0.2) is 6.61 Å². The number of rotatable bonds is 6. The minimum atomic E-state index is -0.885. The van der Waals surface area contributed by atoms with Crippen molar-refractivity contribution in [2.45, 2.75) is 55.4 Å². The molecule has 1 aliphatic heterocycles. The van der Waals surface area contributed by atoms with E-state index in [2.05, 4.69) is 16.0 Å². The monoisotopic (exact) mass is 413 g/mol. The first-order chi connectivity index (χ1) is 13.3. The van der Waals surface area contributed by atoms with Gasteiger partial charge in [-0.15, -0.1) is 0 Å². The first kappa shape index (κ1) is 19.4. The van der Waals surface area contributed by atoms with E-state index in [-0.39, 0.29) is 52.9 Å². The second-order valence-corrected chi connectivity index (χ2v) is 8.54. The lowest BCUT2D eigenvalue weighted by molar-refractivity contribution is -0.151. The maximum absolute atomic E-state index is 13.4. The van der Waals surface area contributed by atoms with Crippen LogP contribution in [0, 0.1) is 5.82 Å². The highest BCUT2D eigenvalue weighted by Gasteiger charge is 2.69. The van der Waals surface area contributed by atoms with Gasteiger partial charge in [-0.2, -0.15) is 0 Å². The van der Waals surface area contributed by atoms with Crippen LogP contribution in [0.4, 0.5) is 8.78 Å². The van der Waals surface area contributed by atoms with Crippen LogP contribution < -0.4 is 20.7 Å². The highest BCUT2D eigenvalue weighted by molar-refractivity contribution is 6.30. The fourth-order valence-corrected chi connectivity index (χ4v) is 4.61. The fraction of sp³-hybridized carbons (Fsp3) is 0.579. The molecule has 1 aromatic carbocycles. The summed E-state index contributed by atoms with van der Waals surface area (Å²) >= 11 is 5.61. The number of nitrogens with one attached hydrogen (secondary N) is 3. The molecule has 3 saturated carbocycles. The van der Waals surface area contributed by atoms with Crippen LogP contribution >= 0.6 is 11.6 Å². The molecule has 6 nitrogen and oxygen atoms in total. The smallest absolute Gasteiger partial charge is 0.258 e. The third-order valence-corrected chi connectivity index (χ3v) is 6.06. The van der Waals surface area contributed by atoms with Crippen molar-refractivity contribution >= 4 is 23.4 Å². The maximum atomic E-state index is 13.4. The molecule has 3 aliphatic carbocycles. The Labute approximate surface area is 166 Å². The predicted octanol–water partition coefficient (Wildman–Crippen LogP) is 1.86. The minimum Gasteiger partial charge on any atom is -0.484 e. The zero-order valence-electron chi connectivity index (χ0n) is 15.2. The van der Waals surface area contributed by atoms with Crippen molar-refractivity contribution in [3.63, 3.8) is 0 Å². The third kappa shape index (κ3) is 3.80. The first-order valence-corrected chi connectivity index (χ1v) is 9.74. The largest absolute Gasteiger partial charge is 0.484 e. The molecule has 4 fully saturated rings. The number of piperidine rings is 1. The van der Waals surface area contributed by atoms with Gasteiger partial charge in [-0.3, -0.25) is 9.59 Å². The lowest BCUT2D eigenvalue weighted by Gasteiger charge is -2.70. The Morgan fingerprint density at radius 3 is 2.57 bits per heavy atom. The molecule has 1 heterocycles. The molecule has 3 N–H and O–H groups in total. The summed E-state index contributed by atoms with van der Waals surface area (Å²) in [6.45, 7) is -0.0127. The molecule has 4 aliphatic rings. The SMILES string of the molecule is O=C(COc1ccc(Cl)c(F)c1)NC12CC(NC(=O)C3CCC(F)CN3)(C1)C2. The van der Waals surface area contributed by atoms with Gasteiger partial charge in [0.2, 0.25) is 5.91 Å². The summed E-state index contributed by atoms with van der Waals surface area (Å²) < 4.78 is 31.8. The molecule has 0 aromatic heterocycles. The van der Waals surface area contributed by atoms with E-state index in [0.717, 1.165) is 6.07 Å². The first-order valence-electron chi connectivity index (χ1n) is 9.37. The van der Waals surface area contributed by atoms with Crippen LogP contribution in [0.15, 0.2) is 18.2 Å². The molecule has 2 amide bonds. The quantitative estimate of drug-likeness (QED) is 0.665. The molecule has 9 heteroatoms. The van der Waals surface area contributed by atoms with E-state index in [4.69, 9.17) is 16.3 Å². The van der Waals surface area contributed by atoms with E-state index < -0.39 is 12.0 Å². The number of carbonyl (C=O) groups is 2. The normalized spacial score (nSPS) is 33.2. The summed E-state index contributed by atoms with van der Waals surface area (Å²) in [6.07, 6.45) is 2.02. The molecule has 2 atom stereocenters. The maximum Gasteiger partial charge on any atom is 0.258 e. The summed E-state index contributed by atoms with van der Waals surface area (Å²) in [4.78, 5) is 24.4. The van der Waals surface area contributed by atoms with Crippen LogP contribution in [0.5, 0.6) is 5.75 Å². The molecule has 2 bridgehead atoms. The van der Waals surface area contributed by atoms with Crippen molar-refractivity contribution in [1.29, 1.82) is 0 Å². The van der Waals surface area contributed by atoms with Gasteiger partial charge in [0.1, 0.15) is 17.7 Å². The summed E-state index contributed by atoms with van der Waals surface area (Å²) in [7, 11) is 0. The molecule has 152 valence electrons. The predicted molar refractivity (Wildman–Crippen MR) is 98.4 cm³/mol. The average molecular weight is 414 g/mol. The summed E-state index contributed by atoms with van der Waals surface area (Å²) in [5.41, 5.74) is -0.568. The Morgan fingerprint density at radius 2 is 1.93 bits per heavy atom. The van der Waals surface area contributed by atoms with Gasteiger partial charge in [-0.1, -0.05) is 11.6 Å². The van der Waals surface area contributed by atoms with E-state index >= 15 is 0 Å². The second kappa shape index (κ2) is 7.15. The van der Waals surface area contributed by atoms with E-state index in [1.54, 1.807) is 0 Å². The fourth-order valence-electron chi connectivity index (χ4n) is 4.49. The summed E-state index contributed by atoms with van der Waals surface area (Å²) in [6, 6.07) is 3.65. The van der Waals surface area contributed by atoms with Crippen molar-refractivity contribution in [2.75, 3.05) is 13.2 Å². The van der Waals surface area contributed by atoms with Crippen LogP contribution in [-0.2, 0) is 9.59 Å². The number of alkyl halides is 1. The second-order valence-electron chi connectivity index (χ2n) is 8.13. The Balaban J connectivity index is 1.19. The van der Waals surface area contributed by atoms with Gasteiger partial charge in [0.25, 0.3) is 5.91 Å². The summed E-state index contributed by atoms with van der Waals surface area (Å²) in [5.74, 6) is -0.766. The number of benzene rings is 1.